The van der Waals surface area contributed by atoms with E-state index in [-0.39, 0.29) is 6.10 Å². The van der Waals surface area contributed by atoms with Crippen molar-refractivity contribution in [3.63, 3.8) is 0 Å². The Morgan fingerprint density at radius 3 is 2.64 bits per heavy atom. The van der Waals surface area contributed by atoms with Gasteiger partial charge in [0.25, 0.3) is 0 Å². The van der Waals surface area contributed by atoms with Crippen LogP contribution < -0.4 is 5.32 Å². The molecule has 0 saturated heterocycles. The smallest absolute Gasteiger partial charge is 0.0897 e. The highest BCUT2D eigenvalue weighted by Crippen LogP contribution is 2.28. The number of rotatable bonds is 7. The van der Waals surface area contributed by atoms with Crippen molar-refractivity contribution in [1.82, 2.24) is 5.32 Å². The van der Waals surface area contributed by atoms with Gasteiger partial charge in [0.05, 0.1) is 12.7 Å². The van der Waals surface area contributed by atoms with Crippen molar-refractivity contribution >= 4 is 0 Å². The zero-order valence-corrected chi connectivity index (χ0v) is 8.74. The number of nitrogens with one attached hydrogen (secondary N) is 1. The summed E-state index contributed by atoms with van der Waals surface area (Å²) >= 11 is 0. The Bertz CT molecular complexity index is 167. The van der Waals surface area contributed by atoms with Crippen LogP contribution in [0.15, 0.2) is 0 Å². The van der Waals surface area contributed by atoms with Crippen molar-refractivity contribution in [3.05, 3.63) is 0 Å². The average molecular weight is 199 g/mol. The summed E-state index contributed by atoms with van der Waals surface area (Å²) in [5, 5.41) is 12.9. The molecule has 1 unspecified atom stereocenters. The minimum absolute atomic E-state index is 0.325. The summed E-state index contributed by atoms with van der Waals surface area (Å²) in [4.78, 5) is 0. The van der Waals surface area contributed by atoms with Crippen LogP contribution in [-0.4, -0.2) is 37.0 Å². The van der Waals surface area contributed by atoms with Crippen molar-refractivity contribution in [2.75, 3.05) is 19.8 Å². The number of hydrogen-bond donors (Lipinski definition) is 2. The summed E-state index contributed by atoms with van der Waals surface area (Å²) in [5.74, 6) is 0.793. The van der Waals surface area contributed by atoms with Gasteiger partial charge < -0.3 is 15.2 Å². The molecule has 2 aliphatic rings. The van der Waals surface area contributed by atoms with Crippen molar-refractivity contribution in [1.29, 1.82) is 0 Å². The van der Waals surface area contributed by atoms with Crippen LogP contribution in [0.4, 0.5) is 0 Å². The van der Waals surface area contributed by atoms with E-state index in [2.05, 4.69) is 5.32 Å². The minimum atomic E-state index is -0.325. The molecular formula is C11H21NO2. The van der Waals surface area contributed by atoms with Crippen LogP contribution in [0.2, 0.25) is 0 Å². The molecule has 2 aliphatic carbocycles. The van der Waals surface area contributed by atoms with Gasteiger partial charge in [-0.3, -0.25) is 0 Å². The molecule has 0 bridgehead atoms. The van der Waals surface area contributed by atoms with Gasteiger partial charge in [0.2, 0.25) is 0 Å². The fourth-order valence-corrected chi connectivity index (χ4v) is 1.63. The average Bonchev–Trinajstić information content (AvgIpc) is 2.85. The fourth-order valence-electron chi connectivity index (χ4n) is 1.63. The first-order chi connectivity index (χ1) is 6.84. The van der Waals surface area contributed by atoms with E-state index >= 15 is 0 Å². The third kappa shape index (κ3) is 3.56. The molecule has 0 aliphatic heterocycles. The summed E-state index contributed by atoms with van der Waals surface area (Å²) in [6, 6.07) is 0.660. The van der Waals surface area contributed by atoms with Crippen LogP contribution in [0, 0.1) is 5.92 Å². The lowest BCUT2D eigenvalue weighted by atomic mass is 9.93. The van der Waals surface area contributed by atoms with Gasteiger partial charge in [-0.05, 0) is 31.6 Å². The van der Waals surface area contributed by atoms with Crippen LogP contribution in [0.5, 0.6) is 0 Å². The molecule has 0 aromatic rings. The summed E-state index contributed by atoms with van der Waals surface area (Å²) in [7, 11) is 0. The molecular weight excluding hydrogens is 178 g/mol. The molecule has 2 saturated carbocycles. The first-order valence-electron chi connectivity index (χ1n) is 5.84. The first kappa shape index (κ1) is 10.4. The Labute approximate surface area is 85.8 Å². The van der Waals surface area contributed by atoms with Gasteiger partial charge in [0.15, 0.2) is 0 Å². The molecule has 0 spiro atoms. The largest absolute Gasteiger partial charge is 0.389 e. The highest BCUT2D eigenvalue weighted by Gasteiger charge is 2.22. The zero-order valence-electron chi connectivity index (χ0n) is 8.74. The van der Waals surface area contributed by atoms with Crippen molar-refractivity contribution < 1.29 is 9.84 Å². The standard InChI is InChI=1S/C11H21NO2/c13-11(6-12-10-2-1-3-10)8-14-7-9-4-5-9/h9-13H,1-8H2. The molecule has 0 amide bonds. The van der Waals surface area contributed by atoms with Crippen LogP contribution in [0.25, 0.3) is 0 Å². The molecule has 0 aromatic carbocycles. The topological polar surface area (TPSA) is 41.5 Å². The molecule has 2 N–H and O–H groups in total. The van der Waals surface area contributed by atoms with Crippen LogP contribution >= 0.6 is 0 Å². The predicted molar refractivity (Wildman–Crippen MR) is 55.2 cm³/mol. The molecule has 2 rings (SSSR count). The van der Waals surface area contributed by atoms with E-state index in [9.17, 15) is 5.11 Å². The molecule has 1 atom stereocenters. The Morgan fingerprint density at radius 1 is 1.29 bits per heavy atom. The van der Waals surface area contributed by atoms with Crippen molar-refractivity contribution in [3.8, 4) is 0 Å². The highest BCUT2D eigenvalue weighted by molar-refractivity contribution is 4.77. The molecule has 0 radical (unpaired) electrons. The monoisotopic (exact) mass is 199 g/mol. The van der Waals surface area contributed by atoms with E-state index in [1.54, 1.807) is 0 Å². The van der Waals surface area contributed by atoms with E-state index in [1.807, 2.05) is 0 Å². The molecule has 0 aromatic heterocycles. The number of ether oxygens (including phenoxy) is 1. The maximum Gasteiger partial charge on any atom is 0.0897 e. The van der Waals surface area contributed by atoms with E-state index in [0.717, 1.165) is 12.5 Å². The normalized spacial score (nSPS) is 24.6. The van der Waals surface area contributed by atoms with Crippen molar-refractivity contribution in [2.45, 2.75) is 44.2 Å². The highest BCUT2D eigenvalue weighted by atomic mass is 16.5. The lowest BCUT2D eigenvalue weighted by molar-refractivity contribution is 0.0299. The maximum atomic E-state index is 9.56. The SMILES string of the molecule is OC(CNC1CCC1)COCC1CC1. The minimum Gasteiger partial charge on any atom is -0.389 e. The second-order valence-electron chi connectivity index (χ2n) is 4.67. The Hall–Kier alpha value is -0.120. The van der Waals surface area contributed by atoms with Crippen LogP contribution in [-0.2, 0) is 4.74 Å². The third-order valence-corrected chi connectivity index (χ3v) is 3.11. The van der Waals surface area contributed by atoms with E-state index in [0.29, 0.717) is 19.2 Å². The van der Waals surface area contributed by atoms with Gasteiger partial charge in [-0.15, -0.1) is 0 Å². The summed E-state index contributed by atoms with van der Waals surface area (Å²) in [5.41, 5.74) is 0. The fraction of sp³-hybridized carbons (Fsp3) is 1.00. The third-order valence-electron chi connectivity index (χ3n) is 3.11. The number of aliphatic hydroxyl groups is 1. The lowest BCUT2D eigenvalue weighted by Crippen LogP contribution is -2.41. The maximum absolute atomic E-state index is 9.56. The van der Waals surface area contributed by atoms with E-state index in [4.69, 9.17) is 4.74 Å². The van der Waals surface area contributed by atoms with Gasteiger partial charge >= 0.3 is 0 Å². The van der Waals surface area contributed by atoms with Gasteiger partial charge in [0.1, 0.15) is 0 Å². The Kier molecular flexibility index (Phi) is 3.79. The zero-order chi connectivity index (χ0) is 9.80. The lowest BCUT2D eigenvalue weighted by Gasteiger charge is -2.27. The van der Waals surface area contributed by atoms with E-state index < -0.39 is 0 Å². The quantitative estimate of drug-likeness (QED) is 0.640. The second kappa shape index (κ2) is 5.10. The summed E-state index contributed by atoms with van der Waals surface area (Å²) in [6.07, 6.45) is 6.19. The van der Waals surface area contributed by atoms with Crippen molar-refractivity contribution in [2.24, 2.45) is 5.92 Å². The summed E-state index contributed by atoms with van der Waals surface area (Å²) < 4.78 is 5.41. The van der Waals surface area contributed by atoms with Crippen LogP contribution in [0.1, 0.15) is 32.1 Å². The van der Waals surface area contributed by atoms with Gasteiger partial charge in [-0.25, -0.2) is 0 Å². The molecule has 14 heavy (non-hydrogen) atoms. The second-order valence-corrected chi connectivity index (χ2v) is 4.67. The van der Waals surface area contributed by atoms with Gasteiger partial charge in [-0.2, -0.15) is 0 Å². The van der Waals surface area contributed by atoms with E-state index in [1.165, 1.54) is 32.1 Å². The summed E-state index contributed by atoms with van der Waals surface area (Å²) in [6.45, 7) is 2.03. The molecule has 0 heterocycles. The Morgan fingerprint density at radius 2 is 2.07 bits per heavy atom. The predicted octanol–water partition coefficient (Wildman–Crippen LogP) is 0.916. The molecule has 2 fully saturated rings. The molecule has 3 nitrogen and oxygen atoms in total. The number of hydrogen-bond acceptors (Lipinski definition) is 3. The van der Waals surface area contributed by atoms with Gasteiger partial charge in [0, 0.05) is 19.2 Å². The first-order valence-corrected chi connectivity index (χ1v) is 5.84. The Balaban J connectivity index is 1.42. The number of aliphatic hydroxyl groups excluding tert-OH is 1. The van der Waals surface area contributed by atoms with Crippen LogP contribution in [0.3, 0.4) is 0 Å². The molecule has 3 heteroatoms. The van der Waals surface area contributed by atoms with Gasteiger partial charge in [-0.1, -0.05) is 6.42 Å². The molecule has 82 valence electrons.